The maximum atomic E-state index is 12.5. The van der Waals surface area contributed by atoms with Crippen LogP contribution in [0.2, 0.25) is 0 Å². The largest absolute Gasteiger partial charge is 0.497 e. The van der Waals surface area contributed by atoms with E-state index < -0.39 is 10.0 Å². The van der Waals surface area contributed by atoms with Gasteiger partial charge in [0.25, 0.3) is 0 Å². The van der Waals surface area contributed by atoms with E-state index in [0.717, 1.165) is 22.4 Å². The number of benzene rings is 2. The second-order valence-corrected chi connectivity index (χ2v) is 7.68. The molecule has 0 saturated heterocycles. The van der Waals surface area contributed by atoms with Gasteiger partial charge in [0.1, 0.15) is 5.75 Å². The first kappa shape index (κ1) is 17.5. The predicted octanol–water partition coefficient (Wildman–Crippen LogP) is 3.01. The predicted molar refractivity (Wildman–Crippen MR) is 93.1 cm³/mol. The van der Waals surface area contributed by atoms with E-state index in [-0.39, 0.29) is 5.75 Å². The van der Waals surface area contributed by atoms with Crippen LogP contribution >= 0.6 is 0 Å². The molecule has 0 amide bonds. The van der Waals surface area contributed by atoms with Crippen LogP contribution < -0.4 is 4.74 Å². The lowest BCUT2D eigenvalue weighted by molar-refractivity contribution is 0.414. The minimum absolute atomic E-state index is 0.0405. The molecule has 0 N–H and O–H groups in total. The van der Waals surface area contributed by atoms with Crippen LogP contribution in [0.5, 0.6) is 5.75 Å². The van der Waals surface area contributed by atoms with Gasteiger partial charge in [-0.3, -0.25) is 0 Å². The van der Waals surface area contributed by atoms with Crippen LogP contribution in [0, 0.1) is 6.92 Å². The van der Waals surface area contributed by atoms with Gasteiger partial charge in [0.05, 0.1) is 12.9 Å². The number of likely N-dealkylation sites (N-methyl/N-ethyl adjacent to an activating group) is 1. The number of hydrogen-bond donors (Lipinski definition) is 0. The highest BCUT2D eigenvalue weighted by Crippen LogP contribution is 2.15. The molecule has 0 saturated carbocycles. The van der Waals surface area contributed by atoms with E-state index in [1.807, 2.05) is 55.5 Å². The van der Waals surface area contributed by atoms with Crippen molar-refractivity contribution in [2.45, 2.75) is 19.1 Å². The molecule has 0 aliphatic carbocycles. The maximum absolute atomic E-state index is 12.5. The number of aryl methyl sites for hydroxylation is 1. The summed E-state index contributed by atoms with van der Waals surface area (Å²) in [5, 5.41) is 0. The van der Waals surface area contributed by atoms with Crippen molar-refractivity contribution in [1.29, 1.82) is 0 Å². The van der Waals surface area contributed by atoms with E-state index in [9.17, 15) is 8.42 Å². The van der Waals surface area contributed by atoms with E-state index in [2.05, 4.69) is 0 Å². The van der Waals surface area contributed by atoms with Crippen molar-refractivity contribution in [3.63, 3.8) is 0 Å². The van der Waals surface area contributed by atoms with E-state index in [1.165, 1.54) is 4.31 Å². The van der Waals surface area contributed by atoms with Crippen molar-refractivity contribution in [1.82, 2.24) is 4.31 Å². The van der Waals surface area contributed by atoms with Gasteiger partial charge in [-0.25, -0.2) is 12.7 Å². The SMILES string of the molecule is COc1ccc(CCN(C)S(=O)(=O)Cc2ccccc2C)cc1. The fourth-order valence-corrected chi connectivity index (χ4v) is 3.60. The van der Waals surface area contributed by atoms with E-state index in [4.69, 9.17) is 4.74 Å². The molecule has 0 radical (unpaired) electrons. The normalized spacial score (nSPS) is 11.7. The Labute approximate surface area is 138 Å². The molecular formula is C18H23NO3S. The second-order valence-electron chi connectivity index (χ2n) is 5.60. The first-order chi connectivity index (χ1) is 10.9. The molecule has 0 atom stereocenters. The molecule has 0 spiro atoms. The van der Waals surface area contributed by atoms with Crippen molar-refractivity contribution < 1.29 is 13.2 Å². The molecule has 4 nitrogen and oxygen atoms in total. The third kappa shape index (κ3) is 4.81. The van der Waals surface area contributed by atoms with Crippen LogP contribution in [0.1, 0.15) is 16.7 Å². The second kappa shape index (κ2) is 7.62. The maximum Gasteiger partial charge on any atom is 0.218 e. The topological polar surface area (TPSA) is 46.6 Å². The molecule has 0 aliphatic rings. The lowest BCUT2D eigenvalue weighted by atomic mass is 10.1. The Bertz CT molecular complexity index is 739. The molecule has 0 heterocycles. The summed E-state index contributed by atoms with van der Waals surface area (Å²) in [7, 11) is -0.0482. The molecule has 2 aromatic carbocycles. The van der Waals surface area contributed by atoms with Crippen molar-refractivity contribution in [3.05, 3.63) is 65.2 Å². The summed E-state index contributed by atoms with van der Waals surface area (Å²) in [6, 6.07) is 15.3. The Kier molecular flexibility index (Phi) is 5.80. The summed E-state index contributed by atoms with van der Waals surface area (Å²) < 4.78 is 31.5. The summed E-state index contributed by atoms with van der Waals surface area (Å²) in [5.74, 6) is 0.841. The Hall–Kier alpha value is -1.85. The average Bonchev–Trinajstić information content (AvgIpc) is 2.55. The summed E-state index contributed by atoms with van der Waals surface area (Å²) in [5.41, 5.74) is 2.94. The van der Waals surface area contributed by atoms with Crippen LogP contribution in [0.25, 0.3) is 0 Å². The molecule has 5 heteroatoms. The first-order valence-corrected chi connectivity index (χ1v) is 9.15. The fraction of sp³-hybridized carbons (Fsp3) is 0.333. The number of rotatable bonds is 7. The van der Waals surface area contributed by atoms with Crippen molar-refractivity contribution in [2.24, 2.45) is 0 Å². The molecule has 0 aromatic heterocycles. The van der Waals surface area contributed by atoms with Gasteiger partial charge in [0.15, 0.2) is 0 Å². The summed E-state index contributed by atoms with van der Waals surface area (Å²) in [6.07, 6.45) is 0.674. The minimum Gasteiger partial charge on any atom is -0.497 e. The lowest BCUT2D eigenvalue weighted by Gasteiger charge is -2.18. The standard InChI is InChI=1S/C18H23NO3S/c1-15-6-4-5-7-17(15)14-23(20,21)19(2)13-12-16-8-10-18(22-3)11-9-16/h4-11H,12-14H2,1-3H3. The monoisotopic (exact) mass is 333 g/mol. The molecule has 0 fully saturated rings. The van der Waals surface area contributed by atoms with Gasteiger partial charge in [-0.1, -0.05) is 36.4 Å². The third-order valence-electron chi connectivity index (χ3n) is 3.95. The van der Waals surface area contributed by atoms with Crippen LogP contribution in [0.15, 0.2) is 48.5 Å². The minimum atomic E-state index is -3.31. The zero-order chi connectivity index (χ0) is 16.9. The van der Waals surface area contributed by atoms with Gasteiger partial charge in [-0.15, -0.1) is 0 Å². The lowest BCUT2D eigenvalue weighted by Crippen LogP contribution is -2.30. The van der Waals surface area contributed by atoms with Gasteiger partial charge in [0.2, 0.25) is 10.0 Å². The van der Waals surface area contributed by atoms with Crippen molar-refractivity contribution in [3.8, 4) is 5.75 Å². The highest BCUT2D eigenvalue weighted by molar-refractivity contribution is 7.88. The van der Waals surface area contributed by atoms with Gasteiger partial charge in [-0.2, -0.15) is 0 Å². The van der Waals surface area contributed by atoms with Crippen LogP contribution in [-0.4, -0.2) is 33.4 Å². The van der Waals surface area contributed by atoms with E-state index in [1.54, 1.807) is 14.2 Å². The number of sulfonamides is 1. The van der Waals surface area contributed by atoms with Crippen molar-refractivity contribution in [2.75, 3.05) is 20.7 Å². The molecule has 124 valence electrons. The number of methoxy groups -OCH3 is 1. The molecule has 0 aliphatic heterocycles. The molecule has 23 heavy (non-hydrogen) atoms. The van der Waals surface area contributed by atoms with Crippen LogP contribution in [-0.2, 0) is 22.2 Å². The quantitative estimate of drug-likeness (QED) is 0.782. The highest BCUT2D eigenvalue weighted by Gasteiger charge is 2.19. The zero-order valence-corrected chi connectivity index (χ0v) is 14.6. The summed E-state index contributed by atoms with van der Waals surface area (Å²) in [4.78, 5) is 0. The van der Waals surface area contributed by atoms with Crippen LogP contribution in [0.3, 0.4) is 0 Å². The zero-order valence-electron chi connectivity index (χ0n) is 13.8. The van der Waals surface area contributed by atoms with Gasteiger partial charge >= 0.3 is 0 Å². The Balaban J connectivity index is 1.98. The smallest absolute Gasteiger partial charge is 0.218 e. The Morgan fingerprint density at radius 3 is 2.30 bits per heavy atom. The fourth-order valence-electron chi connectivity index (χ4n) is 2.30. The van der Waals surface area contributed by atoms with Crippen molar-refractivity contribution >= 4 is 10.0 Å². The number of ether oxygens (including phenoxy) is 1. The highest BCUT2D eigenvalue weighted by atomic mass is 32.2. The summed E-state index contributed by atoms with van der Waals surface area (Å²) >= 11 is 0. The Morgan fingerprint density at radius 2 is 1.70 bits per heavy atom. The molecule has 2 rings (SSSR count). The van der Waals surface area contributed by atoms with Crippen LogP contribution in [0.4, 0.5) is 0 Å². The molecule has 0 bridgehead atoms. The van der Waals surface area contributed by atoms with Gasteiger partial charge < -0.3 is 4.74 Å². The third-order valence-corrected chi connectivity index (χ3v) is 5.76. The average molecular weight is 333 g/mol. The first-order valence-electron chi connectivity index (χ1n) is 7.54. The number of hydrogen-bond acceptors (Lipinski definition) is 3. The molecule has 2 aromatic rings. The number of nitrogens with zero attached hydrogens (tertiary/aromatic N) is 1. The van der Waals surface area contributed by atoms with Gasteiger partial charge in [-0.05, 0) is 42.2 Å². The van der Waals surface area contributed by atoms with E-state index in [0.29, 0.717) is 13.0 Å². The van der Waals surface area contributed by atoms with E-state index >= 15 is 0 Å². The Morgan fingerprint density at radius 1 is 1.04 bits per heavy atom. The molecule has 0 unspecified atom stereocenters. The molecular weight excluding hydrogens is 310 g/mol. The summed E-state index contributed by atoms with van der Waals surface area (Å²) in [6.45, 7) is 2.39. The van der Waals surface area contributed by atoms with Gasteiger partial charge in [0, 0.05) is 13.6 Å².